The largest absolute Gasteiger partial charge is 0.385 e. The molecule has 0 unspecified atom stereocenters. The van der Waals surface area contributed by atoms with Crippen LogP contribution in [0, 0.1) is 0 Å². The number of nitrogens with one attached hydrogen (secondary N) is 1. The Kier molecular flexibility index (Phi) is 4.33. The molecule has 0 bridgehead atoms. The van der Waals surface area contributed by atoms with Gasteiger partial charge in [-0.15, -0.1) is 6.58 Å². The molecule has 0 atom stereocenters. The van der Waals surface area contributed by atoms with E-state index in [0.717, 1.165) is 28.1 Å². The maximum atomic E-state index is 5.85. The molecule has 0 spiro atoms. The molecule has 1 rings (SSSR count). The number of halogens is 2. The Balaban J connectivity index is 2.57. The number of rotatable bonds is 4. The summed E-state index contributed by atoms with van der Waals surface area (Å²) in [7, 11) is 0. The summed E-state index contributed by atoms with van der Waals surface area (Å²) in [5.74, 6) is 0. The Bertz CT molecular complexity index is 299. The van der Waals surface area contributed by atoms with Crippen LogP contribution in [0.25, 0.3) is 0 Å². The van der Waals surface area contributed by atoms with Crippen molar-refractivity contribution < 1.29 is 0 Å². The molecule has 0 aliphatic heterocycles. The van der Waals surface area contributed by atoms with Crippen LogP contribution >= 0.6 is 27.5 Å². The summed E-state index contributed by atoms with van der Waals surface area (Å²) >= 11 is 9.21. The molecule has 0 heterocycles. The van der Waals surface area contributed by atoms with Gasteiger partial charge in [0, 0.05) is 16.7 Å². The zero-order valence-corrected chi connectivity index (χ0v) is 9.53. The van der Waals surface area contributed by atoms with Gasteiger partial charge in [-0.2, -0.15) is 0 Å². The Morgan fingerprint density at radius 2 is 2.31 bits per heavy atom. The second-order valence-corrected chi connectivity index (χ2v) is 3.89. The fourth-order valence-electron chi connectivity index (χ4n) is 0.925. The molecule has 0 fully saturated rings. The van der Waals surface area contributed by atoms with E-state index in [1.54, 1.807) is 0 Å². The highest BCUT2D eigenvalue weighted by Gasteiger charge is 1.97. The quantitative estimate of drug-likeness (QED) is 0.635. The summed E-state index contributed by atoms with van der Waals surface area (Å²) in [6.45, 7) is 4.55. The minimum atomic E-state index is 0.731. The third kappa shape index (κ3) is 3.41. The van der Waals surface area contributed by atoms with Crippen molar-refractivity contribution in [2.75, 3.05) is 11.9 Å². The fraction of sp³-hybridized carbons (Fsp3) is 0.200. The number of benzene rings is 1. The summed E-state index contributed by atoms with van der Waals surface area (Å²) in [4.78, 5) is 0. The van der Waals surface area contributed by atoms with E-state index < -0.39 is 0 Å². The van der Waals surface area contributed by atoms with E-state index in [0.29, 0.717) is 0 Å². The highest BCUT2D eigenvalue weighted by atomic mass is 79.9. The predicted octanol–water partition coefficient (Wildman–Crippen LogP) is 4.09. The summed E-state index contributed by atoms with van der Waals surface area (Å²) in [5, 5.41) is 3.98. The molecule has 0 saturated heterocycles. The van der Waals surface area contributed by atoms with Crippen LogP contribution in [-0.2, 0) is 0 Å². The van der Waals surface area contributed by atoms with Crippen LogP contribution in [0.5, 0.6) is 0 Å². The van der Waals surface area contributed by atoms with E-state index in [1.165, 1.54) is 0 Å². The minimum Gasteiger partial charge on any atom is -0.385 e. The van der Waals surface area contributed by atoms with Gasteiger partial charge in [0.05, 0.1) is 5.02 Å². The lowest BCUT2D eigenvalue weighted by atomic mass is 10.3. The van der Waals surface area contributed by atoms with Crippen molar-refractivity contribution in [3.05, 3.63) is 40.3 Å². The highest BCUT2D eigenvalue weighted by molar-refractivity contribution is 9.10. The molecule has 0 radical (unpaired) electrons. The molecule has 1 aromatic carbocycles. The van der Waals surface area contributed by atoms with Crippen molar-refractivity contribution >= 4 is 33.2 Å². The molecule has 70 valence electrons. The van der Waals surface area contributed by atoms with Crippen LogP contribution in [-0.4, -0.2) is 6.54 Å². The second kappa shape index (κ2) is 5.30. The lowest BCUT2D eigenvalue weighted by molar-refractivity contribution is 1.07. The first-order chi connectivity index (χ1) is 6.24. The minimum absolute atomic E-state index is 0.731. The zero-order valence-electron chi connectivity index (χ0n) is 7.19. The first kappa shape index (κ1) is 10.6. The van der Waals surface area contributed by atoms with E-state index in [-0.39, 0.29) is 0 Å². The van der Waals surface area contributed by atoms with Gasteiger partial charge in [-0.25, -0.2) is 0 Å². The van der Waals surface area contributed by atoms with Crippen LogP contribution in [0.1, 0.15) is 6.42 Å². The maximum absolute atomic E-state index is 5.85. The van der Waals surface area contributed by atoms with Crippen LogP contribution in [0.4, 0.5) is 5.69 Å². The summed E-state index contributed by atoms with van der Waals surface area (Å²) in [6.07, 6.45) is 2.85. The third-order valence-electron chi connectivity index (χ3n) is 1.60. The Hall–Kier alpha value is -0.470. The number of hydrogen-bond acceptors (Lipinski definition) is 1. The van der Waals surface area contributed by atoms with Crippen molar-refractivity contribution in [1.29, 1.82) is 0 Å². The Morgan fingerprint density at radius 3 is 2.92 bits per heavy atom. The van der Waals surface area contributed by atoms with Gasteiger partial charge < -0.3 is 5.32 Å². The molecule has 0 aliphatic carbocycles. The normalized spacial score (nSPS) is 9.69. The van der Waals surface area contributed by atoms with Gasteiger partial charge in [-0.05, 0) is 40.5 Å². The third-order valence-corrected chi connectivity index (χ3v) is 2.81. The Morgan fingerprint density at radius 1 is 1.54 bits per heavy atom. The van der Waals surface area contributed by atoms with E-state index >= 15 is 0 Å². The van der Waals surface area contributed by atoms with Gasteiger partial charge in [-0.3, -0.25) is 0 Å². The highest BCUT2D eigenvalue weighted by Crippen LogP contribution is 2.25. The summed E-state index contributed by atoms with van der Waals surface area (Å²) in [5.41, 5.74) is 1.07. The number of hydrogen-bond donors (Lipinski definition) is 1. The van der Waals surface area contributed by atoms with Gasteiger partial charge >= 0.3 is 0 Å². The molecule has 0 saturated carbocycles. The number of anilines is 1. The van der Waals surface area contributed by atoms with Crippen molar-refractivity contribution in [2.45, 2.75) is 6.42 Å². The smallest absolute Gasteiger partial charge is 0.0549 e. The molecule has 1 aromatic rings. The maximum Gasteiger partial charge on any atom is 0.0549 e. The standard InChI is InChI=1S/C10H11BrClN/c1-2-3-6-13-8-4-5-10(12)9(11)7-8/h2,4-5,7,13H,1,3,6H2. The first-order valence-corrected chi connectivity index (χ1v) is 5.21. The summed E-state index contributed by atoms with van der Waals surface area (Å²) < 4.78 is 0.915. The molecule has 1 N–H and O–H groups in total. The van der Waals surface area contributed by atoms with Crippen LogP contribution in [0.15, 0.2) is 35.3 Å². The first-order valence-electron chi connectivity index (χ1n) is 4.04. The molecular weight excluding hydrogens is 249 g/mol. The molecule has 0 aromatic heterocycles. The van der Waals surface area contributed by atoms with E-state index in [2.05, 4.69) is 27.8 Å². The molecular formula is C10H11BrClN. The van der Waals surface area contributed by atoms with Crippen molar-refractivity contribution in [3.8, 4) is 0 Å². The SMILES string of the molecule is C=CCCNc1ccc(Cl)c(Br)c1. The van der Waals surface area contributed by atoms with E-state index in [4.69, 9.17) is 11.6 Å². The second-order valence-electron chi connectivity index (χ2n) is 2.63. The zero-order chi connectivity index (χ0) is 9.68. The molecule has 0 amide bonds. The van der Waals surface area contributed by atoms with Gasteiger partial charge in [0.2, 0.25) is 0 Å². The van der Waals surface area contributed by atoms with E-state index in [9.17, 15) is 0 Å². The monoisotopic (exact) mass is 259 g/mol. The van der Waals surface area contributed by atoms with Gasteiger partial charge in [0.25, 0.3) is 0 Å². The van der Waals surface area contributed by atoms with E-state index in [1.807, 2.05) is 24.3 Å². The fourth-order valence-corrected chi connectivity index (χ4v) is 1.42. The van der Waals surface area contributed by atoms with Crippen molar-refractivity contribution in [3.63, 3.8) is 0 Å². The average molecular weight is 261 g/mol. The van der Waals surface area contributed by atoms with Gasteiger partial charge in [0.15, 0.2) is 0 Å². The van der Waals surface area contributed by atoms with Crippen LogP contribution in [0.3, 0.4) is 0 Å². The molecule has 3 heteroatoms. The molecule has 13 heavy (non-hydrogen) atoms. The average Bonchev–Trinajstić information content (AvgIpc) is 2.12. The lowest BCUT2D eigenvalue weighted by Gasteiger charge is -2.05. The Labute approximate surface area is 91.9 Å². The van der Waals surface area contributed by atoms with Gasteiger partial charge in [-0.1, -0.05) is 17.7 Å². The topological polar surface area (TPSA) is 12.0 Å². The van der Waals surface area contributed by atoms with Crippen molar-refractivity contribution in [2.24, 2.45) is 0 Å². The molecule has 1 nitrogen and oxygen atoms in total. The predicted molar refractivity (Wildman–Crippen MR) is 62.5 cm³/mol. The summed E-state index contributed by atoms with van der Waals surface area (Å²) in [6, 6.07) is 5.78. The van der Waals surface area contributed by atoms with Gasteiger partial charge in [0.1, 0.15) is 0 Å². The van der Waals surface area contributed by atoms with Crippen LogP contribution < -0.4 is 5.32 Å². The van der Waals surface area contributed by atoms with Crippen LogP contribution in [0.2, 0.25) is 5.02 Å². The van der Waals surface area contributed by atoms with Crippen molar-refractivity contribution in [1.82, 2.24) is 0 Å². The molecule has 0 aliphatic rings. The lowest BCUT2D eigenvalue weighted by Crippen LogP contribution is -1.99.